The van der Waals surface area contributed by atoms with E-state index in [4.69, 9.17) is 9.47 Å². The molecular weight excluding hydrogens is 302 g/mol. The number of para-hydroxylation sites is 1. The Bertz CT molecular complexity index is 658. The van der Waals surface area contributed by atoms with E-state index >= 15 is 0 Å². The fraction of sp³-hybridized carbons (Fsp3) is 0.700. The monoisotopic (exact) mass is 329 g/mol. The van der Waals surface area contributed by atoms with Crippen LogP contribution in [0, 0.1) is 5.92 Å². The summed E-state index contributed by atoms with van der Waals surface area (Å²) in [5.41, 5.74) is 0.246. The van der Waals surface area contributed by atoms with Gasteiger partial charge >= 0.3 is 0 Å². The molecule has 2 aliphatic heterocycles. The van der Waals surface area contributed by atoms with Crippen molar-refractivity contribution >= 4 is 0 Å². The fourth-order valence-electron chi connectivity index (χ4n) is 5.58. The second-order valence-corrected chi connectivity index (χ2v) is 8.27. The van der Waals surface area contributed by atoms with Crippen LogP contribution in [-0.4, -0.2) is 48.5 Å². The molecule has 24 heavy (non-hydrogen) atoms. The zero-order chi connectivity index (χ0) is 16.4. The predicted molar refractivity (Wildman–Crippen MR) is 91.7 cm³/mol. The third-order valence-corrected chi connectivity index (χ3v) is 6.90. The molecule has 2 heterocycles. The van der Waals surface area contributed by atoms with Gasteiger partial charge in [-0.1, -0.05) is 12.1 Å². The Morgan fingerprint density at radius 3 is 2.96 bits per heavy atom. The number of β-amino-alcohol motifs (C(OH)–C–C–N with tert-alkyl or cyclic N) is 1. The first-order chi connectivity index (χ1) is 11.7. The molecule has 4 heteroatoms. The number of hydrogen-bond acceptors (Lipinski definition) is 4. The molecule has 4 aliphatic rings. The van der Waals surface area contributed by atoms with E-state index in [1.165, 1.54) is 18.4 Å². The number of piperidine rings is 1. The molecule has 1 spiro atoms. The van der Waals surface area contributed by atoms with Crippen LogP contribution < -0.4 is 9.47 Å². The lowest BCUT2D eigenvalue weighted by atomic mass is 9.55. The lowest BCUT2D eigenvalue weighted by Crippen LogP contribution is -2.68. The second-order valence-electron chi connectivity index (χ2n) is 8.27. The smallest absolute Gasteiger partial charge is 0.165 e. The molecule has 3 atom stereocenters. The number of aliphatic hydroxyl groups is 1. The summed E-state index contributed by atoms with van der Waals surface area (Å²) in [4.78, 5) is 2.50. The molecule has 1 aromatic rings. The second kappa shape index (κ2) is 5.12. The molecule has 5 rings (SSSR count). The van der Waals surface area contributed by atoms with E-state index in [0.29, 0.717) is 0 Å². The van der Waals surface area contributed by atoms with E-state index in [1.807, 2.05) is 12.1 Å². The molecule has 1 aromatic carbocycles. The largest absolute Gasteiger partial charge is 0.493 e. The van der Waals surface area contributed by atoms with E-state index in [9.17, 15) is 5.11 Å². The van der Waals surface area contributed by atoms with Crippen LogP contribution in [0.3, 0.4) is 0 Å². The SMILES string of the molecule is COc1cccc2c1OC1CCCC3(O)CN(CC4CC4)CCC213. The highest BCUT2D eigenvalue weighted by atomic mass is 16.5. The number of fused-ring (bicyclic) bond motifs is 1. The summed E-state index contributed by atoms with van der Waals surface area (Å²) >= 11 is 0. The minimum atomic E-state index is -0.680. The zero-order valence-electron chi connectivity index (χ0n) is 14.5. The molecule has 1 N–H and O–H groups in total. The first-order valence-corrected chi connectivity index (χ1v) is 9.45. The average molecular weight is 329 g/mol. The van der Waals surface area contributed by atoms with Crippen LogP contribution in [0.2, 0.25) is 0 Å². The molecule has 1 saturated heterocycles. The molecule has 2 saturated carbocycles. The van der Waals surface area contributed by atoms with Crippen molar-refractivity contribution in [2.75, 3.05) is 26.7 Å². The number of nitrogens with zero attached hydrogens (tertiary/aromatic N) is 1. The number of benzene rings is 1. The highest BCUT2D eigenvalue weighted by Crippen LogP contribution is 2.60. The summed E-state index contributed by atoms with van der Waals surface area (Å²) in [6.45, 7) is 3.02. The van der Waals surface area contributed by atoms with Gasteiger partial charge in [0.25, 0.3) is 0 Å². The first-order valence-electron chi connectivity index (χ1n) is 9.45. The summed E-state index contributed by atoms with van der Waals surface area (Å²) in [7, 11) is 1.70. The maximum Gasteiger partial charge on any atom is 0.165 e. The van der Waals surface area contributed by atoms with Crippen LogP contribution in [0.4, 0.5) is 0 Å². The summed E-state index contributed by atoms with van der Waals surface area (Å²) in [6, 6.07) is 6.17. The Hall–Kier alpha value is -1.26. The normalized spacial score (nSPS) is 38.0. The Kier molecular flexibility index (Phi) is 3.21. The van der Waals surface area contributed by atoms with E-state index in [0.717, 1.165) is 62.7 Å². The molecular formula is C20H27NO3. The topological polar surface area (TPSA) is 41.9 Å². The molecule has 3 fully saturated rings. The maximum atomic E-state index is 11.8. The number of likely N-dealkylation sites (tertiary alicyclic amines) is 1. The van der Waals surface area contributed by atoms with Crippen molar-refractivity contribution < 1.29 is 14.6 Å². The van der Waals surface area contributed by atoms with Gasteiger partial charge in [-0.05, 0) is 57.1 Å². The number of methoxy groups -OCH3 is 1. The number of rotatable bonds is 3. The van der Waals surface area contributed by atoms with Gasteiger partial charge in [0.1, 0.15) is 6.10 Å². The Morgan fingerprint density at radius 1 is 1.29 bits per heavy atom. The Balaban J connectivity index is 1.56. The molecule has 0 bridgehead atoms. The Labute approximate surface area is 143 Å². The quantitative estimate of drug-likeness (QED) is 0.926. The molecule has 0 radical (unpaired) electrons. The lowest BCUT2D eigenvalue weighted by Gasteiger charge is -2.56. The highest BCUT2D eigenvalue weighted by Gasteiger charge is 2.65. The van der Waals surface area contributed by atoms with Crippen LogP contribution >= 0.6 is 0 Å². The van der Waals surface area contributed by atoms with Crippen LogP contribution in [-0.2, 0) is 5.41 Å². The molecule has 0 amide bonds. The van der Waals surface area contributed by atoms with Crippen molar-refractivity contribution in [2.24, 2.45) is 5.92 Å². The third kappa shape index (κ3) is 1.93. The van der Waals surface area contributed by atoms with Gasteiger partial charge in [-0.3, -0.25) is 0 Å². The third-order valence-electron chi connectivity index (χ3n) is 6.90. The van der Waals surface area contributed by atoms with Gasteiger partial charge in [0, 0.05) is 18.7 Å². The minimum absolute atomic E-state index is 0.0885. The summed E-state index contributed by atoms with van der Waals surface area (Å²) in [5.74, 6) is 2.55. The molecule has 130 valence electrons. The first kappa shape index (κ1) is 15.0. The molecule has 2 aliphatic carbocycles. The number of ether oxygens (including phenoxy) is 2. The standard InChI is InChI=1S/C20H27NO3/c1-23-16-5-2-4-15-18(16)24-17-6-3-9-19(22)13-21(12-14-7-8-14)11-10-20(15,17)19/h2,4-5,14,17,22H,3,6-13H2,1H3. The van der Waals surface area contributed by atoms with E-state index in [1.54, 1.807) is 7.11 Å². The molecule has 4 nitrogen and oxygen atoms in total. The van der Waals surface area contributed by atoms with Crippen LogP contribution in [0.15, 0.2) is 18.2 Å². The van der Waals surface area contributed by atoms with Crippen molar-refractivity contribution in [2.45, 2.75) is 55.6 Å². The summed E-state index contributed by atoms with van der Waals surface area (Å²) in [6.07, 6.45) is 6.76. The molecule has 0 aromatic heterocycles. The summed E-state index contributed by atoms with van der Waals surface area (Å²) < 4.78 is 11.9. The van der Waals surface area contributed by atoms with Crippen LogP contribution in [0.5, 0.6) is 11.5 Å². The van der Waals surface area contributed by atoms with Gasteiger partial charge in [-0.2, -0.15) is 0 Å². The van der Waals surface area contributed by atoms with Crippen molar-refractivity contribution in [1.29, 1.82) is 0 Å². The summed E-state index contributed by atoms with van der Waals surface area (Å²) in [5, 5.41) is 11.8. The van der Waals surface area contributed by atoms with Crippen molar-refractivity contribution in [3.63, 3.8) is 0 Å². The number of hydrogen-bond donors (Lipinski definition) is 1. The predicted octanol–water partition coefficient (Wildman–Crippen LogP) is 2.72. The lowest BCUT2D eigenvalue weighted by molar-refractivity contribution is -0.146. The minimum Gasteiger partial charge on any atom is -0.493 e. The van der Waals surface area contributed by atoms with Crippen molar-refractivity contribution in [3.8, 4) is 11.5 Å². The van der Waals surface area contributed by atoms with Gasteiger partial charge in [0.05, 0.1) is 18.1 Å². The van der Waals surface area contributed by atoms with Crippen molar-refractivity contribution in [3.05, 3.63) is 23.8 Å². The van der Waals surface area contributed by atoms with Crippen LogP contribution in [0.1, 0.15) is 44.1 Å². The van der Waals surface area contributed by atoms with Gasteiger partial charge in [-0.25, -0.2) is 0 Å². The van der Waals surface area contributed by atoms with Gasteiger partial charge in [0.15, 0.2) is 11.5 Å². The highest BCUT2D eigenvalue weighted by molar-refractivity contribution is 5.56. The van der Waals surface area contributed by atoms with E-state index in [2.05, 4.69) is 11.0 Å². The van der Waals surface area contributed by atoms with E-state index in [-0.39, 0.29) is 11.5 Å². The van der Waals surface area contributed by atoms with Crippen molar-refractivity contribution in [1.82, 2.24) is 4.90 Å². The van der Waals surface area contributed by atoms with Gasteiger partial charge < -0.3 is 19.5 Å². The van der Waals surface area contributed by atoms with Gasteiger partial charge in [0.2, 0.25) is 0 Å². The average Bonchev–Trinajstić information content (AvgIpc) is 3.32. The van der Waals surface area contributed by atoms with Crippen LogP contribution in [0.25, 0.3) is 0 Å². The zero-order valence-corrected chi connectivity index (χ0v) is 14.5. The fourth-order valence-corrected chi connectivity index (χ4v) is 5.58. The van der Waals surface area contributed by atoms with Gasteiger partial charge in [-0.15, -0.1) is 0 Å². The van der Waals surface area contributed by atoms with E-state index < -0.39 is 5.60 Å². The molecule has 3 unspecified atom stereocenters. The Morgan fingerprint density at radius 2 is 2.17 bits per heavy atom. The maximum absolute atomic E-state index is 11.8.